The van der Waals surface area contributed by atoms with Crippen molar-refractivity contribution in [1.82, 2.24) is 15.1 Å². The summed E-state index contributed by atoms with van der Waals surface area (Å²) in [5.74, 6) is -1.53. The van der Waals surface area contributed by atoms with E-state index < -0.39 is 23.5 Å². The van der Waals surface area contributed by atoms with Gasteiger partial charge in [-0.1, -0.05) is 48.0 Å². The van der Waals surface area contributed by atoms with E-state index in [0.717, 1.165) is 11.6 Å². The molecule has 5 rings (SSSR count). The topological polar surface area (TPSA) is 79.0 Å². The van der Waals surface area contributed by atoms with Crippen LogP contribution >= 0.6 is 11.6 Å². The van der Waals surface area contributed by atoms with Gasteiger partial charge in [-0.15, -0.1) is 0 Å². The van der Waals surface area contributed by atoms with Crippen molar-refractivity contribution in [3.8, 4) is 0 Å². The summed E-state index contributed by atoms with van der Waals surface area (Å²) in [6, 6.07) is 20.6. The number of hydrogen-bond acceptors (Lipinski definition) is 4. The van der Waals surface area contributed by atoms with Crippen molar-refractivity contribution in [3.05, 3.63) is 106 Å². The van der Waals surface area contributed by atoms with Gasteiger partial charge in [-0.25, -0.2) is 4.39 Å². The molecular formula is C29H27ClFN3O4. The zero-order valence-corrected chi connectivity index (χ0v) is 21.4. The van der Waals surface area contributed by atoms with Crippen LogP contribution in [0.1, 0.15) is 39.1 Å². The number of likely N-dealkylation sites (tertiary alicyclic amines) is 1. The molecule has 1 spiro atoms. The highest BCUT2D eigenvalue weighted by atomic mass is 35.5. The van der Waals surface area contributed by atoms with E-state index >= 15 is 0 Å². The second-order valence-corrected chi connectivity index (χ2v) is 9.90. The standard InChI is InChI=1S/C29H27ClFN3O4/c30-23-11-9-21(10-12-23)27(36)33-15-13-29(14-16-33)34(28(37)22-7-4-8-24(31)17-22)25(19-38-29)26(35)32-18-20-5-2-1-3-6-20/h1-12,17,25H,13-16,18-19H2,(H,32,35)/t25-/m1/s1. The van der Waals surface area contributed by atoms with Crippen molar-refractivity contribution in [2.45, 2.75) is 31.2 Å². The quantitative estimate of drug-likeness (QED) is 0.529. The van der Waals surface area contributed by atoms with Crippen LogP contribution in [0.25, 0.3) is 0 Å². The molecule has 2 saturated heterocycles. The number of ether oxygens (including phenoxy) is 1. The molecule has 38 heavy (non-hydrogen) atoms. The molecule has 0 aliphatic carbocycles. The van der Waals surface area contributed by atoms with Gasteiger partial charge in [-0.05, 0) is 48.0 Å². The molecule has 0 radical (unpaired) electrons. The largest absolute Gasteiger partial charge is 0.353 e. The predicted molar refractivity (Wildman–Crippen MR) is 140 cm³/mol. The molecule has 3 aromatic carbocycles. The summed E-state index contributed by atoms with van der Waals surface area (Å²) in [5.41, 5.74) is 0.486. The number of carbonyl (C=O) groups excluding carboxylic acids is 3. The predicted octanol–water partition coefficient (Wildman–Crippen LogP) is 4.27. The van der Waals surface area contributed by atoms with Crippen molar-refractivity contribution in [2.24, 2.45) is 0 Å². The lowest BCUT2D eigenvalue weighted by Crippen LogP contribution is -2.59. The fourth-order valence-electron chi connectivity index (χ4n) is 5.06. The van der Waals surface area contributed by atoms with Gasteiger partial charge in [0, 0.05) is 48.6 Å². The second kappa shape index (κ2) is 10.9. The molecule has 1 N–H and O–H groups in total. The third-order valence-electron chi connectivity index (χ3n) is 7.09. The Balaban J connectivity index is 1.36. The zero-order valence-electron chi connectivity index (χ0n) is 20.6. The number of carbonyl (C=O) groups is 3. The Morgan fingerprint density at radius 2 is 1.63 bits per heavy atom. The summed E-state index contributed by atoms with van der Waals surface area (Å²) in [7, 11) is 0. The lowest BCUT2D eigenvalue weighted by Gasteiger charge is -2.44. The summed E-state index contributed by atoms with van der Waals surface area (Å²) in [5, 5.41) is 3.44. The van der Waals surface area contributed by atoms with E-state index in [9.17, 15) is 18.8 Å². The number of rotatable bonds is 5. The van der Waals surface area contributed by atoms with E-state index in [4.69, 9.17) is 16.3 Å². The van der Waals surface area contributed by atoms with Gasteiger partial charge >= 0.3 is 0 Å². The van der Waals surface area contributed by atoms with E-state index in [1.807, 2.05) is 30.3 Å². The number of nitrogens with zero attached hydrogens (tertiary/aromatic N) is 2. The van der Waals surface area contributed by atoms with Gasteiger partial charge in [0.1, 0.15) is 17.6 Å². The fraction of sp³-hybridized carbons (Fsp3) is 0.276. The van der Waals surface area contributed by atoms with Crippen LogP contribution < -0.4 is 5.32 Å². The van der Waals surface area contributed by atoms with Crippen LogP contribution in [-0.4, -0.2) is 59.0 Å². The molecule has 2 fully saturated rings. The SMILES string of the molecule is O=C(NCc1ccccc1)[C@H]1COC2(CCN(C(=O)c3ccc(Cl)cc3)CC2)N1C(=O)c1cccc(F)c1. The molecule has 2 aliphatic rings. The number of amides is 3. The Hall–Kier alpha value is -3.75. The van der Waals surface area contributed by atoms with Crippen molar-refractivity contribution in [2.75, 3.05) is 19.7 Å². The van der Waals surface area contributed by atoms with Gasteiger partial charge in [0.2, 0.25) is 5.91 Å². The maximum absolute atomic E-state index is 14.0. The van der Waals surface area contributed by atoms with E-state index in [-0.39, 0.29) is 24.0 Å². The highest BCUT2D eigenvalue weighted by molar-refractivity contribution is 6.30. The van der Waals surface area contributed by atoms with Crippen LogP contribution in [0.3, 0.4) is 0 Å². The number of hydrogen-bond donors (Lipinski definition) is 1. The minimum atomic E-state index is -1.09. The number of piperidine rings is 1. The third kappa shape index (κ3) is 5.28. The van der Waals surface area contributed by atoms with Crippen LogP contribution in [0.5, 0.6) is 0 Å². The fourth-order valence-corrected chi connectivity index (χ4v) is 5.19. The van der Waals surface area contributed by atoms with E-state index in [1.165, 1.54) is 23.1 Å². The van der Waals surface area contributed by atoms with Crippen molar-refractivity contribution < 1.29 is 23.5 Å². The molecule has 0 saturated carbocycles. The Morgan fingerprint density at radius 1 is 0.921 bits per heavy atom. The van der Waals surface area contributed by atoms with Crippen LogP contribution in [0.4, 0.5) is 4.39 Å². The maximum Gasteiger partial charge on any atom is 0.256 e. The normalized spacial score (nSPS) is 18.4. The van der Waals surface area contributed by atoms with Gasteiger partial charge in [-0.2, -0.15) is 0 Å². The van der Waals surface area contributed by atoms with Crippen molar-refractivity contribution in [3.63, 3.8) is 0 Å². The smallest absolute Gasteiger partial charge is 0.256 e. The summed E-state index contributed by atoms with van der Waals surface area (Å²) in [6.07, 6.45) is 0.631. The summed E-state index contributed by atoms with van der Waals surface area (Å²) in [4.78, 5) is 43.2. The van der Waals surface area contributed by atoms with E-state index in [2.05, 4.69) is 5.32 Å². The first-order valence-electron chi connectivity index (χ1n) is 12.5. The van der Waals surface area contributed by atoms with Gasteiger partial charge in [-0.3, -0.25) is 19.3 Å². The van der Waals surface area contributed by atoms with Gasteiger partial charge in [0.05, 0.1) is 6.61 Å². The second-order valence-electron chi connectivity index (χ2n) is 9.46. The molecule has 2 aliphatic heterocycles. The van der Waals surface area contributed by atoms with Crippen LogP contribution in [0, 0.1) is 5.82 Å². The first kappa shape index (κ1) is 25.9. The average molecular weight is 536 g/mol. The summed E-state index contributed by atoms with van der Waals surface area (Å²) >= 11 is 5.95. The molecular weight excluding hydrogens is 509 g/mol. The monoisotopic (exact) mass is 535 g/mol. The Labute approximate surface area is 225 Å². The van der Waals surface area contributed by atoms with E-state index in [0.29, 0.717) is 43.1 Å². The lowest BCUT2D eigenvalue weighted by molar-refractivity contribution is -0.128. The van der Waals surface area contributed by atoms with Crippen molar-refractivity contribution >= 4 is 29.3 Å². The molecule has 2 heterocycles. The third-order valence-corrected chi connectivity index (χ3v) is 7.34. The maximum atomic E-state index is 14.0. The Kier molecular flexibility index (Phi) is 7.44. The molecule has 0 bridgehead atoms. The highest BCUT2D eigenvalue weighted by Gasteiger charge is 2.54. The Bertz CT molecular complexity index is 1330. The highest BCUT2D eigenvalue weighted by Crippen LogP contribution is 2.39. The molecule has 3 amide bonds. The average Bonchev–Trinajstić information content (AvgIpc) is 3.30. The summed E-state index contributed by atoms with van der Waals surface area (Å²) in [6.45, 7) is 0.959. The van der Waals surface area contributed by atoms with Gasteiger partial charge in [0.25, 0.3) is 11.8 Å². The van der Waals surface area contributed by atoms with Gasteiger partial charge in [0.15, 0.2) is 0 Å². The number of nitrogens with one attached hydrogen (secondary N) is 1. The van der Waals surface area contributed by atoms with Crippen molar-refractivity contribution in [1.29, 1.82) is 0 Å². The van der Waals surface area contributed by atoms with E-state index in [1.54, 1.807) is 29.2 Å². The minimum Gasteiger partial charge on any atom is -0.353 e. The lowest BCUT2D eigenvalue weighted by atomic mass is 9.96. The van der Waals surface area contributed by atoms with Gasteiger partial charge < -0.3 is 15.0 Å². The van der Waals surface area contributed by atoms with Crippen LogP contribution in [-0.2, 0) is 16.1 Å². The molecule has 3 aromatic rings. The first-order valence-corrected chi connectivity index (χ1v) is 12.8. The summed E-state index contributed by atoms with van der Waals surface area (Å²) < 4.78 is 20.2. The molecule has 9 heteroatoms. The minimum absolute atomic E-state index is 0.00676. The molecule has 196 valence electrons. The number of halogens is 2. The molecule has 0 unspecified atom stereocenters. The first-order chi connectivity index (χ1) is 18.4. The number of benzene rings is 3. The zero-order chi connectivity index (χ0) is 26.7. The molecule has 1 atom stereocenters. The Morgan fingerprint density at radius 3 is 2.32 bits per heavy atom. The molecule has 7 nitrogen and oxygen atoms in total. The molecule has 0 aromatic heterocycles. The van der Waals surface area contributed by atoms with Crippen LogP contribution in [0.2, 0.25) is 5.02 Å². The van der Waals surface area contributed by atoms with Crippen LogP contribution in [0.15, 0.2) is 78.9 Å².